The van der Waals surface area contributed by atoms with Crippen LogP contribution in [0.4, 0.5) is 5.69 Å². The molecule has 0 saturated carbocycles. The van der Waals surface area contributed by atoms with E-state index in [0.717, 1.165) is 12.2 Å². The van der Waals surface area contributed by atoms with Crippen molar-refractivity contribution in [1.29, 1.82) is 0 Å². The minimum absolute atomic E-state index is 0.265. The van der Waals surface area contributed by atoms with Crippen LogP contribution >= 0.6 is 0 Å². The van der Waals surface area contributed by atoms with Gasteiger partial charge < -0.3 is 10.5 Å². The van der Waals surface area contributed by atoms with Crippen molar-refractivity contribution >= 4 is 5.69 Å². The second kappa shape index (κ2) is 5.73. The molecule has 0 aliphatic heterocycles. The number of benzene rings is 1. The number of aryl methyl sites for hydroxylation is 1. The van der Waals surface area contributed by atoms with Crippen LogP contribution in [0.25, 0.3) is 0 Å². The van der Waals surface area contributed by atoms with E-state index in [4.69, 9.17) is 10.5 Å². The second-order valence-electron chi connectivity index (χ2n) is 4.73. The first-order chi connectivity index (χ1) is 9.11. The molecule has 0 atom stereocenters. The summed E-state index contributed by atoms with van der Waals surface area (Å²) in [5, 5.41) is 4.17. The Morgan fingerprint density at radius 2 is 2.16 bits per heavy atom. The number of nitrogen functional groups attached to an aromatic ring is 1. The molecule has 5 nitrogen and oxygen atoms in total. The van der Waals surface area contributed by atoms with Crippen LogP contribution in [0.5, 0.6) is 5.75 Å². The SMILES string of the molecule is CCc1ccc(OCc2ncnn2C(C)C)c(N)c1. The minimum atomic E-state index is 0.265. The van der Waals surface area contributed by atoms with Crippen LogP contribution in [0.3, 0.4) is 0 Å². The second-order valence-corrected chi connectivity index (χ2v) is 4.73. The number of nitrogens with zero attached hydrogens (tertiary/aromatic N) is 3. The van der Waals surface area contributed by atoms with Crippen LogP contribution in [-0.2, 0) is 13.0 Å². The van der Waals surface area contributed by atoms with Gasteiger partial charge in [0.2, 0.25) is 0 Å². The van der Waals surface area contributed by atoms with E-state index in [-0.39, 0.29) is 6.04 Å². The Morgan fingerprint density at radius 1 is 1.37 bits per heavy atom. The van der Waals surface area contributed by atoms with Gasteiger partial charge in [-0.3, -0.25) is 0 Å². The number of ether oxygens (including phenoxy) is 1. The van der Waals surface area contributed by atoms with Crippen molar-refractivity contribution in [3.8, 4) is 5.75 Å². The predicted octanol–water partition coefficient (Wildman–Crippen LogP) is 2.58. The number of hydrogen-bond acceptors (Lipinski definition) is 4. The van der Waals surface area contributed by atoms with Crippen LogP contribution in [0.2, 0.25) is 0 Å². The summed E-state index contributed by atoms with van der Waals surface area (Å²) < 4.78 is 7.57. The van der Waals surface area contributed by atoms with Crippen LogP contribution < -0.4 is 10.5 Å². The molecule has 2 N–H and O–H groups in total. The molecule has 2 aromatic rings. The Morgan fingerprint density at radius 3 is 2.79 bits per heavy atom. The predicted molar refractivity (Wildman–Crippen MR) is 75.0 cm³/mol. The molecule has 2 rings (SSSR count). The Bertz CT molecular complexity index is 548. The van der Waals surface area contributed by atoms with E-state index >= 15 is 0 Å². The molecule has 102 valence electrons. The van der Waals surface area contributed by atoms with Crippen LogP contribution in [0, 0.1) is 0 Å². The first-order valence-corrected chi connectivity index (χ1v) is 6.51. The van der Waals surface area contributed by atoms with Gasteiger partial charge in [0.1, 0.15) is 18.7 Å². The number of rotatable bonds is 5. The van der Waals surface area contributed by atoms with Crippen LogP contribution in [-0.4, -0.2) is 14.8 Å². The maximum Gasteiger partial charge on any atom is 0.165 e. The summed E-state index contributed by atoms with van der Waals surface area (Å²) in [4.78, 5) is 4.20. The molecule has 0 spiro atoms. The highest BCUT2D eigenvalue weighted by Crippen LogP contribution is 2.23. The van der Waals surface area contributed by atoms with Gasteiger partial charge in [-0.15, -0.1) is 0 Å². The van der Waals surface area contributed by atoms with Crippen LogP contribution in [0.1, 0.15) is 38.2 Å². The molecular formula is C14H20N4O. The monoisotopic (exact) mass is 260 g/mol. The molecule has 0 fully saturated rings. The van der Waals surface area contributed by atoms with Crippen molar-refractivity contribution in [2.24, 2.45) is 0 Å². The molecular weight excluding hydrogens is 240 g/mol. The average Bonchev–Trinajstić information content (AvgIpc) is 2.85. The molecule has 0 aliphatic rings. The van der Waals surface area contributed by atoms with E-state index in [9.17, 15) is 0 Å². The Labute approximate surface area is 113 Å². The third-order valence-corrected chi connectivity index (χ3v) is 2.98. The molecule has 1 aromatic carbocycles. The number of nitrogens with two attached hydrogens (primary N) is 1. The van der Waals surface area contributed by atoms with Gasteiger partial charge in [0.15, 0.2) is 5.82 Å². The summed E-state index contributed by atoms with van der Waals surface area (Å²) in [5.41, 5.74) is 7.83. The molecule has 0 saturated heterocycles. The van der Waals surface area contributed by atoms with Gasteiger partial charge in [-0.25, -0.2) is 9.67 Å². The molecule has 0 aliphatic carbocycles. The summed E-state index contributed by atoms with van der Waals surface area (Å²) in [5.74, 6) is 1.49. The fraction of sp³-hybridized carbons (Fsp3) is 0.429. The number of anilines is 1. The summed E-state index contributed by atoms with van der Waals surface area (Å²) in [6.45, 7) is 6.58. The smallest absolute Gasteiger partial charge is 0.165 e. The van der Waals surface area contributed by atoms with Gasteiger partial charge in [0, 0.05) is 6.04 Å². The number of aromatic nitrogens is 3. The normalized spacial score (nSPS) is 10.9. The first kappa shape index (κ1) is 13.4. The maximum atomic E-state index is 5.97. The molecule has 5 heteroatoms. The van der Waals surface area contributed by atoms with Crippen molar-refractivity contribution in [2.75, 3.05) is 5.73 Å². The fourth-order valence-corrected chi connectivity index (χ4v) is 1.90. The lowest BCUT2D eigenvalue weighted by Gasteiger charge is -2.12. The van der Waals surface area contributed by atoms with E-state index in [1.54, 1.807) is 6.33 Å². The highest BCUT2D eigenvalue weighted by Gasteiger charge is 2.09. The molecule has 19 heavy (non-hydrogen) atoms. The maximum absolute atomic E-state index is 5.97. The lowest BCUT2D eigenvalue weighted by Crippen LogP contribution is -2.11. The quantitative estimate of drug-likeness (QED) is 0.839. The first-order valence-electron chi connectivity index (χ1n) is 6.51. The lowest BCUT2D eigenvalue weighted by atomic mass is 10.1. The zero-order valence-electron chi connectivity index (χ0n) is 11.6. The topological polar surface area (TPSA) is 66.0 Å². The zero-order valence-corrected chi connectivity index (χ0v) is 11.6. The number of hydrogen-bond donors (Lipinski definition) is 1. The molecule has 1 aromatic heterocycles. The fourth-order valence-electron chi connectivity index (χ4n) is 1.90. The van der Waals surface area contributed by atoms with E-state index < -0.39 is 0 Å². The Hall–Kier alpha value is -2.04. The lowest BCUT2D eigenvalue weighted by molar-refractivity contribution is 0.284. The van der Waals surface area contributed by atoms with E-state index in [0.29, 0.717) is 18.0 Å². The van der Waals surface area contributed by atoms with Gasteiger partial charge >= 0.3 is 0 Å². The van der Waals surface area contributed by atoms with Gasteiger partial charge in [-0.2, -0.15) is 5.10 Å². The van der Waals surface area contributed by atoms with Gasteiger partial charge in [-0.05, 0) is 38.0 Å². The molecule has 0 bridgehead atoms. The summed E-state index contributed by atoms with van der Waals surface area (Å²) in [6, 6.07) is 6.15. The summed E-state index contributed by atoms with van der Waals surface area (Å²) >= 11 is 0. The van der Waals surface area contributed by atoms with Crippen molar-refractivity contribution in [3.05, 3.63) is 35.9 Å². The van der Waals surface area contributed by atoms with Crippen molar-refractivity contribution < 1.29 is 4.74 Å². The van der Waals surface area contributed by atoms with E-state index in [1.807, 2.05) is 22.9 Å². The van der Waals surface area contributed by atoms with Gasteiger partial charge in [0.25, 0.3) is 0 Å². The standard InChI is InChI=1S/C14H20N4O/c1-4-11-5-6-13(12(15)7-11)19-8-14-16-9-17-18(14)10(2)3/h5-7,9-10H,4,8,15H2,1-3H3. The third-order valence-electron chi connectivity index (χ3n) is 2.98. The van der Waals surface area contributed by atoms with Crippen LogP contribution in [0.15, 0.2) is 24.5 Å². The summed E-state index contributed by atoms with van der Waals surface area (Å²) in [6.07, 6.45) is 2.51. The van der Waals surface area contributed by atoms with Crippen molar-refractivity contribution in [3.63, 3.8) is 0 Å². The van der Waals surface area contributed by atoms with Crippen molar-refractivity contribution in [2.45, 2.75) is 39.8 Å². The van der Waals surface area contributed by atoms with Gasteiger partial charge in [0.05, 0.1) is 5.69 Å². The largest absolute Gasteiger partial charge is 0.483 e. The Balaban J connectivity index is 2.08. The third kappa shape index (κ3) is 3.05. The molecule has 0 amide bonds. The highest BCUT2D eigenvalue weighted by molar-refractivity contribution is 5.54. The zero-order chi connectivity index (χ0) is 13.8. The molecule has 0 unspecified atom stereocenters. The minimum Gasteiger partial charge on any atom is -0.483 e. The van der Waals surface area contributed by atoms with Gasteiger partial charge in [-0.1, -0.05) is 13.0 Å². The van der Waals surface area contributed by atoms with E-state index in [2.05, 4.69) is 30.9 Å². The average molecular weight is 260 g/mol. The summed E-state index contributed by atoms with van der Waals surface area (Å²) in [7, 11) is 0. The van der Waals surface area contributed by atoms with Crippen molar-refractivity contribution in [1.82, 2.24) is 14.8 Å². The van der Waals surface area contributed by atoms with E-state index in [1.165, 1.54) is 5.56 Å². The highest BCUT2D eigenvalue weighted by atomic mass is 16.5. The Kier molecular flexibility index (Phi) is 4.04. The molecule has 0 radical (unpaired) electrons. The molecule has 1 heterocycles.